The van der Waals surface area contributed by atoms with Crippen LogP contribution in [0.1, 0.15) is 52.1 Å². The molecule has 0 heterocycles. The van der Waals surface area contributed by atoms with E-state index in [1.165, 1.54) is 12.0 Å². The minimum absolute atomic E-state index is 0.112. The highest BCUT2D eigenvalue weighted by molar-refractivity contribution is 5.30. The topological polar surface area (TPSA) is 35.2 Å². The van der Waals surface area contributed by atoms with Crippen LogP contribution >= 0.6 is 0 Å². The van der Waals surface area contributed by atoms with Crippen molar-refractivity contribution in [2.24, 2.45) is 11.7 Å². The smallest absolute Gasteiger partial charge is 0.120 e. The summed E-state index contributed by atoms with van der Waals surface area (Å²) in [5, 5.41) is 0. The second-order valence-electron chi connectivity index (χ2n) is 5.09. The Labute approximate surface area is 105 Å². The minimum Gasteiger partial charge on any atom is -0.491 e. The molecule has 0 amide bonds. The molecule has 2 N–H and O–H groups in total. The van der Waals surface area contributed by atoms with E-state index < -0.39 is 0 Å². The SMILES string of the molecule is CCC(C)CC(N)c1cccc(OC(C)C)c1. The molecule has 2 heteroatoms. The maximum Gasteiger partial charge on any atom is 0.120 e. The molecule has 2 atom stereocenters. The fourth-order valence-corrected chi connectivity index (χ4v) is 1.83. The molecule has 0 bridgehead atoms. The second-order valence-corrected chi connectivity index (χ2v) is 5.09. The van der Waals surface area contributed by atoms with Gasteiger partial charge in [-0.25, -0.2) is 0 Å². The van der Waals surface area contributed by atoms with Crippen LogP contribution in [0.2, 0.25) is 0 Å². The highest BCUT2D eigenvalue weighted by atomic mass is 16.5. The predicted molar refractivity (Wildman–Crippen MR) is 73.2 cm³/mol. The van der Waals surface area contributed by atoms with E-state index >= 15 is 0 Å². The second kappa shape index (κ2) is 6.65. The van der Waals surface area contributed by atoms with E-state index in [-0.39, 0.29) is 12.1 Å². The fraction of sp³-hybridized carbons (Fsp3) is 0.600. The van der Waals surface area contributed by atoms with Gasteiger partial charge in [-0.05, 0) is 43.9 Å². The van der Waals surface area contributed by atoms with E-state index in [0.717, 1.165) is 12.2 Å². The first-order valence-corrected chi connectivity index (χ1v) is 6.55. The van der Waals surface area contributed by atoms with E-state index in [9.17, 15) is 0 Å². The van der Waals surface area contributed by atoms with Crippen LogP contribution in [-0.4, -0.2) is 6.10 Å². The molecule has 0 aliphatic heterocycles. The molecule has 17 heavy (non-hydrogen) atoms. The van der Waals surface area contributed by atoms with Gasteiger partial charge in [-0.2, -0.15) is 0 Å². The lowest BCUT2D eigenvalue weighted by Gasteiger charge is -2.17. The lowest BCUT2D eigenvalue weighted by molar-refractivity contribution is 0.242. The first-order chi connectivity index (χ1) is 8.02. The Kier molecular flexibility index (Phi) is 5.49. The van der Waals surface area contributed by atoms with Gasteiger partial charge in [0.25, 0.3) is 0 Å². The van der Waals surface area contributed by atoms with Crippen LogP contribution in [0.25, 0.3) is 0 Å². The fourth-order valence-electron chi connectivity index (χ4n) is 1.83. The molecule has 0 aromatic heterocycles. The van der Waals surface area contributed by atoms with Crippen molar-refractivity contribution < 1.29 is 4.74 Å². The van der Waals surface area contributed by atoms with Crippen molar-refractivity contribution in [3.8, 4) is 5.75 Å². The molecule has 0 saturated carbocycles. The van der Waals surface area contributed by atoms with Crippen LogP contribution in [0.15, 0.2) is 24.3 Å². The van der Waals surface area contributed by atoms with Gasteiger partial charge in [-0.1, -0.05) is 32.4 Å². The van der Waals surface area contributed by atoms with Crippen LogP contribution < -0.4 is 10.5 Å². The summed E-state index contributed by atoms with van der Waals surface area (Å²) >= 11 is 0. The predicted octanol–water partition coefficient (Wildman–Crippen LogP) is 3.91. The van der Waals surface area contributed by atoms with Crippen molar-refractivity contribution in [3.63, 3.8) is 0 Å². The van der Waals surface area contributed by atoms with Crippen LogP contribution in [-0.2, 0) is 0 Å². The lowest BCUT2D eigenvalue weighted by Crippen LogP contribution is -2.14. The standard InChI is InChI=1S/C15H25NO/c1-5-12(4)9-15(16)13-7-6-8-14(10-13)17-11(2)3/h6-8,10-12,15H,5,9,16H2,1-4H3. The highest BCUT2D eigenvalue weighted by Gasteiger charge is 2.10. The number of rotatable bonds is 6. The number of ether oxygens (including phenoxy) is 1. The average Bonchev–Trinajstić information content (AvgIpc) is 2.28. The maximum absolute atomic E-state index is 6.22. The van der Waals surface area contributed by atoms with Gasteiger partial charge in [0.1, 0.15) is 5.75 Å². The van der Waals surface area contributed by atoms with Gasteiger partial charge in [0.2, 0.25) is 0 Å². The highest BCUT2D eigenvalue weighted by Crippen LogP contribution is 2.24. The van der Waals surface area contributed by atoms with Crippen LogP contribution in [0.4, 0.5) is 0 Å². The molecule has 2 nitrogen and oxygen atoms in total. The molecule has 0 fully saturated rings. The Morgan fingerprint density at radius 1 is 1.24 bits per heavy atom. The first kappa shape index (κ1) is 14.0. The van der Waals surface area contributed by atoms with E-state index in [1.807, 2.05) is 26.0 Å². The molecule has 1 aromatic carbocycles. The van der Waals surface area contributed by atoms with Gasteiger partial charge < -0.3 is 10.5 Å². The number of hydrogen-bond acceptors (Lipinski definition) is 2. The van der Waals surface area contributed by atoms with Crippen molar-refractivity contribution in [2.75, 3.05) is 0 Å². The zero-order valence-electron chi connectivity index (χ0n) is 11.4. The monoisotopic (exact) mass is 235 g/mol. The van der Waals surface area contributed by atoms with Gasteiger partial charge in [-0.3, -0.25) is 0 Å². The van der Waals surface area contributed by atoms with Crippen molar-refractivity contribution >= 4 is 0 Å². The summed E-state index contributed by atoms with van der Waals surface area (Å²) in [5.74, 6) is 1.58. The summed E-state index contributed by atoms with van der Waals surface area (Å²) in [7, 11) is 0. The third-order valence-corrected chi connectivity index (χ3v) is 3.01. The first-order valence-electron chi connectivity index (χ1n) is 6.55. The average molecular weight is 235 g/mol. The molecular formula is C15H25NO. The Bertz CT molecular complexity index is 335. The molecule has 1 aromatic rings. The molecule has 1 rings (SSSR count). The van der Waals surface area contributed by atoms with Crippen molar-refractivity contribution in [3.05, 3.63) is 29.8 Å². The normalized spacial score (nSPS) is 14.7. The Morgan fingerprint density at radius 2 is 1.94 bits per heavy atom. The van der Waals surface area contributed by atoms with E-state index in [2.05, 4.69) is 26.0 Å². The summed E-state index contributed by atoms with van der Waals surface area (Å²) < 4.78 is 5.68. The third-order valence-electron chi connectivity index (χ3n) is 3.01. The Morgan fingerprint density at radius 3 is 2.53 bits per heavy atom. The van der Waals surface area contributed by atoms with Gasteiger partial charge >= 0.3 is 0 Å². The van der Waals surface area contributed by atoms with Crippen molar-refractivity contribution in [2.45, 2.75) is 52.7 Å². The van der Waals surface area contributed by atoms with E-state index in [1.54, 1.807) is 0 Å². The zero-order valence-corrected chi connectivity index (χ0v) is 11.4. The zero-order chi connectivity index (χ0) is 12.8. The van der Waals surface area contributed by atoms with E-state index in [4.69, 9.17) is 10.5 Å². The number of hydrogen-bond donors (Lipinski definition) is 1. The van der Waals surface area contributed by atoms with Gasteiger partial charge in [0.15, 0.2) is 0 Å². The van der Waals surface area contributed by atoms with Gasteiger partial charge in [0, 0.05) is 6.04 Å². The van der Waals surface area contributed by atoms with E-state index in [0.29, 0.717) is 5.92 Å². The molecule has 2 unspecified atom stereocenters. The summed E-state index contributed by atoms with van der Waals surface area (Å²) in [6.45, 7) is 8.52. The Hall–Kier alpha value is -1.02. The molecule has 0 saturated heterocycles. The quantitative estimate of drug-likeness (QED) is 0.811. The molecule has 0 aliphatic rings. The number of nitrogens with two attached hydrogens (primary N) is 1. The van der Waals surface area contributed by atoms with Gasteiger partial charge in [-0.15, -0.1) is 0 Å². The molecule has 0 radical (unpaired) electrons. The summed E-state index contributed by atoms with van der Waals surface area (Å²) in [6, 6.07) is 8.26. The van der Waals surface area contributed by atoms with Crippen LogP contribution in [0.5, 0.6) is 5.75 Å². The molecular weight excluding hydrogens is 210 g/mol. The van der Waals surface area contributed by atoms with Gasteiger partial charge in [0.05, 0.1) is 6.10 Å². The van der Waals surface area contributed by atoms with Crippen LogP contribution in [0, 0.1) is 5.92 Å². The number of benzene rings is 1. The molecule has 0 spiro atoms. The molecule has 96 valence electrons. The summed E-state index contributed by atoms with van der Waals surface area (Å²) in [6.07, 6.45) is 2.41. The van der Waals surface area contributed by atoms with Crippen molar-refractivity contribution in [1.82, 2.24) is 0 Å². The minimum atomic E-state index is 0.112. The molecule has 0 aliphatic carbocycles. The summed E-state index contributed by atoms with van der Waals surface area (Å²) in [5.41, 5.74) is 7.39. The third kappa shape index (κ3) is 4.78. The maximum atomic E-state index is 6.22. The van der Waals surface area contributed by atoms with Crippen molar-refractivity contribution in [1.29, 1.82) is 0 Å². The largest absolute Gasteiger partial charge is 0.491 e. The lowest BCUT2D eigenvalue weighted by atomic mass is 9.95. The van der Waals surface area contributed by atoms with Crippen LogP contribution in [0.3, 0.4) is 0 Å². The summed E-state index contributed by atoms with van der Waals surface area (Å²) in [4.78, 5) is 0. The Balaban J connectivity index is 2.70.